The number of benzene rings is 1. The van der Waals surface area contributed by atoms with E-state index in [0.717, 1.165) is 35.1 Å². The molecule has 2 N–H and O–H groups in total. The van der Waals surface area contributed by atoms with Crippen molar-refractivity contribution in [2.24, 2.45) is 0 Å². The van der Waals surface area contributed by atoms with Gasteiger partial charge in [-0.3, -0.25) is 4.98 Å². The maximum Gasteiger partial charge on any atom is 0.225 e. The molecule has 0 saturated carbocycles. The van der Waals surface area contributed by atoms with Gasteiger partial charge in [-0.25, -0.2) is 4.98 Å². The van der Waals surface area contributed by atoms with Gasteiger partial charge in [0.2, 0.25) is 5.95 Å². The Morgan fingerprint density at radius 1 is 0.960 bits per heavy atom. The number of nitrogens with zero attached hydrogens (tertiary/aromatic N) is 3. The molecule has 0 aliphatic carbocycles. The van der Waals surface area contributed by atoms with Gasteiger partial charge in [-0.2, -0.15) is 4.98 Å². The number of pyridine rings is 1. The van der Waals surface area contributed by atoms with E-state index in [0.29, 0.717) is 12.6 Å². The average Bonchev–Trinajstić information content (AvgIpc) is 2.64. The van der Waals surface area contributed by atoms with Gasteiger partial charge in [-0.15, -0.1) is 0 Å². The number of anilines is 3. The third-order valence-electron chi connectivity index (χ3n) is 3.47. The average molecular weight is 335 g/mol. The summed E-state index contributed by atoms with van der Waals surface area (Å²) in [6.07, 6.45) is 3.51. The van der Waals surface area contributed by atoms with Crippen LogP contribution >= 0.6 is 0 Å². The molecule has 0 bridgehead atoms. The van der Waals surface area contributed by atoms with Gasteiger partial charge in [0.1, 0.15) is 11.6 Å². The minimum atomic E-state index is 0.588. The van der Waals surface area contributed by atoms with Crippen LogP contribution in [-0.2, 0) is 0 Å². The van der Waals surface area contributed by atoms with E-state index in [1.807, 2.05) is 56.3 Å². The van der Waals surface area contributed by atoms with Gasteiger partial charge >= 0.3 is 0 Å². The summed E-state index contributed by atoms with van der Waals surface area (Å²) >= 11 is 0. The standard InChI is InChI=1S/C19H21N5O/c1-3-21-19-23-17(14-9-11-20-12-10-14)13-18(24-19)22-15-5-7-16(8-6-15)25-4-2/h5-13H,3-4H2,1-2H3,(H2,21,22,23,24). The summed E-state index contributed by atoms with van der Waals surface area (Å²) < 4.78 is 5.47. The summed E-state index contributed by atoms with van der Waals surface area (Å²) in [4.78, 5) is 13.1. The van der Waals surface area contributed by atoms with Crippen molar-refractivity contribution >= 4 is 17.5 Å². The molecule has 0 saturated heterocycles. The van der Waals surface area contributed by atoms with Gasteiger partial charge in [0.15, 0.2) is 0 Å². The molecule has 0 unspecified atom stereocenters. The van der Waals surface area contributed by atoms with E-state index in [1.54, 1.807) is 12.4 Å². The second-order valence-electron chi connectivity index (χ2n) is 5.31. The van der Waals surface area contributed by atoms with Crippen LogP contribution in [0.2, 0.25) is 0 Å². The van der Waals surface area contributed by atoms with Gasteiger partial charge in [0.05, 0.1) is 12.3 Å². The number of hydrogen-bond donors (Lipinski definition) is 2. The van der Waals surface area contributed by atoms with Gasteiger partial charge in [-0.1, -0.05) is 0 Å². The fraction of sp³-hybridized carbons (Fsp3) is 0.211. The van der Waals surface area contributed by atoms with Crippen LogP contribution in [0.5, 0.6) is 5.75 Å². The first-order valence-electron chi connectivity index (χ1n) is 8.31. The smallest absolute Gasteiger partial charge is 0.225 e. The Morgan fingerprint density at radius 2 is 1.72 bits per heavy atom. The lowest BCUT2D eigenvalue weighted by molar-refractivity contribution is 0.340. The number of nitrogens with one attached hydrogen (secondary N) is 2. The summed E-state index contributed by atoms with van der Waals surface area (Å²) in [6, 6.07) is 13.6. The third-order valence-corrected chi connectivity index (χ3v) is 3.47. The summed E-state index contributed by atoms with van der Waals surface area (Å²) in [5.41, 5.74) is 2.76. The minimum absolute atomic E-state index is 0.588. The first-order chi connectivity index (χ1) is 12.3. The molecule has 2 aromatic heterocycles. The maximum absolute atomic E-state index is 5.47. The lowest BCUT2D eigenvalue weighted by atomic mass is 10.2. The van der Waals surface area contributed by atoms with E-state index in [-0.39, 0.29) is 0 Å². The number of rotatable bonds is 7. The molecule has 3 rings (SSSR count). The Morgan fingerprint density at radius 3 is 2.40 bits per heavy atom. The van der Waals surface area contributed by atoms with E-state index in [9.17, 15) is 0 Å². The van der Waals surface area contributed by atoms with Crippen molar-refractivity contribution in [3.8, 4) is 17.0 Å². The van der Waals surface area contributed by atoms with Crippen LogP contribution in [-0.4, -0.2) is 28.1 Å². The first kappa shape index (κ1) is 16.7. The molecule has 6 heteroatoms. The summed E-state index contributed by atoms with van der Waals surface area (Å²) in [5.74, 6) is 2.16. The van der Waals surface area contributed by atoms with Crippen LogP contribution < -0.4 is 15.4 Å². The van der Waals surface area contributed by atoms with Gasteiger partial charge < -0.3 is 15.4 Å². The fourth-order valence-corrected chi connectivity index (χ4v) is 2.37. The van der Waals surface area contributed by atoms with Crippen LogP contribution in [0.1, 0.15) is 13.8 Å². The van der Waals surface area contributed by atoms with Crippen molar-refractivity contribution in [2.75, 3.05) is 23.8 Å². The molecule has 0 radical (unpaired) electrons. The van der Waals surface area contributed by atoms with Crippen LogP contribution in [0.15, 0.2) is 54.9 Å². The van der Waals surface area contributed by atoms with Crippen molar-refractivity contribution < 1.29 is 4.74 Å². The van der Waals surface area contributed by atoms with E-state index in [4.69, 9.17) is 4.74 Å². The Hall–Kier alpha value is -3.15. The van der Waals surface area contributed by atoms with Crippen LogP contribution in [0.3, 0.4) is 0 Å². The van der Waals surface area contributed by atoms with E-state index >= 15 is 0 Å². The molecule has 25 heavy (non-hydrogen) atoms. The molecule has 0 spiro atoms. The van der Waals surface area contributed by atoms with Crippen molar-refractivity contribution in [3.63, 3.8) is 0 Å². The zero-order valence-corrected chi connectivity index (χ0v) is 14.4. The number of hydrogen-bond acceptors (Lipinski definition) is 6. The zero-order valence-electron chi connectivity index (χ0n) is 14.4. The van der Waals surface area contributed by atoms with E-state index in [1.165, 1.54) is 0 Å². The second kappa shape index (κ2) is 8.10. The third kappa shape index (κ3) is 4.44. The predicted octanol–water partition coefficient (Wildman–Crippen LogP) is 4.11. The first-order valence-corrected chi connectivity index (χ1v) is 8.31. The second-order valence-corrected chi connectivity index (χ2v) is 5.31. The van der Waals surface area contributed by atoms with Crippen molar-refractivity contribution in [3.05, 3.63) is 54.9 Å². The van der Waals surface area contributed by atoms with Crippen molar-refractivity contribution in [1.82, 2.24) is 15.0 Å². The van der Waals surface area contributed by atoms with E-state index in [2.05, 4.69) is 25.6 Å². The fourth-order valence-electron chi connectivity index (χ4n) is 2.37. The van der Waals surface area contributed by atoms with Gasteiger partial charge in [0, 0.05) is 36.3 Å². The normalized spacial score (nSPS) is 10.3. The zero-order chi connectivity index (χ0) is 17.5. The molecule has 0 fully saturated rings. The molecule has 0 aliphatic rings. The largest absolute Gasteiger partial charge is 0.494 e. The molecule has 128 valence electrons. The highest BCUT2D eigenvalue weighted by Gasteiger charge is 2.07. The molecule has 2 heterocycles. The molecule has 0 amide bonds. The molecule has 3 aromatic rings. The predicted molar refractivity (Wildman–Crippen MR) is 100 cm³/mol. The molecular formula is C19H21N5O. The van der Waals surface area contributed by atoms with Crippen molar-refractivity contribution in [1.29, 1.82) is 0 Å². The summed E-state index contributed by atoms with van der Waals surface area (Å²) in [6.45, 7) is 5.39. The van der Waals surface area contributed by atoms with Crippen molar-refractivity contribution in [2.45, 2.75) is 13.8 Å². The van der Waals surface area contributed by atoms with Crippen LogP contribution in [0, 0.1) is 0 Å². The highest BCUT2D eigenvalue weighted by molar-refractivity contribution is 5.67. The lowest BCUT2D eigenvalue weighted by Gasteiger charge is -2.11. The minimum Gasteiger partial charge on any atom is -0.494 e. The molecule has 6 nitrogen and oxygen atoms in total. The maximum atomic E-state index is 5.47. The Labute approximate surface area is 147 Å². The number of ether oxygens (including phenoxy) is 1. The van der Waals surface area contributed by atoms with Gasteiger partial charge in [-0.05, 0) is 50.2 Å². The topological polar surface area (TPSA) is 72.0 Å². The quantitative estimate of drug-likeness (QED) is 0.677. The lowest BCUT2D eigenvalue weighted by Crippen LogP contribution is -2.05. The molecular weight excluding hydrogens is 314 g/mol. The highest BCUT2D eigenvalue weighted by atomic mass is 16.5. The molecule has 1 aromatic carbocycles. The van der Waals surface area contributed by atoms with Crippen LogP contribution in [0.25, 0.3) is 11.3 Å². The molecule has 0 aliphatic heterocycles. The van der Waals surface area contributed by atoms with E-state index < -0.39 is 0 Å². The summed E-state index contributed by atoms with van der Waals surface area (Å²) in [5, 5.41) is 6.49. The SMILES string of the molecule is CCNc1nc(Nc2ccc(OCC)cc2)cc(-c2ccncc2)n1. The highest BCUT2D eigenvalue weighted by Crippen LogP contribution is 2.24. The Balaban J connectivity index is 1.88. The summed E-state index contributed by atoms with van der Waals surface area (Å²) in [7, 11) is 0. The van der Waals surface area contributed by atoms with Gasteiger partial charge in [0.25, 0.3) is 0 Å². The monoisotopic (exact) mass is 335 g/mol. The Kier molecular flexibility index (Phi) is 5.41. The Bertz CT molecular complexity index is 806. The number of aromatic nitrogens is 3. The molecule has 0 atom stereocenters. The van der Waals surface area contributed by atoms with Crippen LogP contribution in [0.4, 0.5) is 17.5 Å².